The van der Waals surface area contributed by atoms with Gasteiger partial charge in [0, 0.05) is 18.0 Å². The van der Waals surface area contributed by atoms with Crippen molar-refractivity contribution in [3.8, 4) is 6.07 Å². The van der Waals surface area contributed by atoms with Crippen LogP contribution in [0.5, 0.6) is 0 Å². The first kappa shape index (κ1) is 12.4. The fraction of sp³-hybridized carbons (Fsp3) is 0.615. The SMILES string of the molecule is CC(C)CCN1CCc2c(sc(N)c2C#N)C1. The monoisotopic (exact) mass is 249 g/mol. The maximum Gasteiger partial charge on any atom is 0.104 e. The largest absolute Gasteiger partial charge is 0.389 e. The Morgan fingerprint density at radius 3 is 2.94 bits per heavy atom. The van der Waals surface area contributed by atoms with Crippen molar-refractivity contribution in [2.75, 3.05) is 18.8 Å². The molecule has 0 fully saturated rings. The molecule has 1 aliphatic rings. The van der Waals surface area contributed by atoms with Crippen molar-refractivity contribution >= 4 is 16.3 Å². The molecule has 92 valence electrons. The van der Waals surface area contributed by atoms with E-state index in [0.29, 0.717) is 5.00 Å². The quantitative estimate of drug-likeness (QED) is 0.896. The summed E-state index contributed by atoms with van der Waals surface area (Å²) in [7, 11) is 0. The molecule has 2 heterocycles. The van der Waals surface area contributed by atoms with E-state index >= 15 is 0 Å². The van der Waals surface area contributed by atoms with Gasteiger partial charge in [0.15, 0.2) is 0 Å². The number of anilines is 1. The van der Waals surface area contributed by atoms with E-state index in [4.69, 9.17) is 11.0 Å². The molecule has 0 aliphatic carbocycles. The van der Waals surface area contributed by atoms with E-state index in [1.165, 1.54) is 16.9 Å². The molecule has 0 saturated carbocycles. The van der Waals surface area contributed by atoms with Crippen LogP contribution >= 0.6 is 11.3 Å². The van der Waals surface area contributed by atoms with Gasteiger partial charge in [-0.15, -0.1) is 11.3 Å². The van der Waals surface area contributed by atoms with Gasteiger partial charge in [0.25, 0.3) is 0 Å². The molecular weight excluding hydrogens is 230 g/mol. The normalized spacial score (nSPS) is 15.9. The Balaban J connectivity index is 2.07. The molecule has 0 spiro atoms. The molecule has 2 rings (SSSR count). The number of fused-ring (bicyclic) bond motifs is 1. The van der Waals surface area contributed by atoms with Gasteiger partial charge in [-0.2, -0.15) is 5.26 Å². The maximum atomic E-state index is 9.07. The summed E-state index contributed by atoms with van der Waals surface area (Å²) in [5, 5.41) is 9.77. The van der Waals surface area contributed by atoms with Crippen molar-refractivity contribution in [1.82, 2.24) is 4.90 Å². The van der Waals surface area contributed by atoms with Gasteiger partial charge in [-0.3, -0.25) is 4.90 Å². The fourth-order valence-corrected chi connectivity index (χ4v) is 3.34. The fourth-order valence-electron chi connectivity index (χ4n) is 2.23. The van der Waals surface area contributed by atoms with Crippen molar-refractivity contribution in [2.45, 2.75) is 33.2 Å². The third-order valence-electron chi connectivity index (χ3n) is 3.30. The van der Waals surface area contributed by atoms with E-state index in [-0.39, 0.29) is 0 Å². The molecule has 0 aromatic carbocycles. The summed E-state index contributed by atoms with van der Waals surface area (Å²) in [4.78, 5) is 3.77. The molecule has 4 heteroatoms. The average Bonchev–Trinajstić information content (AvgIpc) is 2.60. The molecule has 0 radical (unpaired) electrons. The van der Waals surface area contributed by atoms with Crippen LogP contribution in [0.4, 0.5) is 5.00 Å². The van der Waals surface area contributed by atoms with Gasteiger partial charge < -0.3 is 5.73 Å². The molecule has 1 aliphatic heterocycles. The number of thiophene rings is 1. The smallest absolute Gasteiger partial charge is 0.104 e. The molecule has 0 bridgehead atoms. The Morgan fingerprint density at radius 1 is 1.53 bits per heavy atom. The summed E-state index contributed by atoms with van der Waals surface area (Å²) in [6.45, 7) is 7.69. The molecule has 0 saturated heterocycles. The average molecular weight is 249 g/mol. The van der Waals surface area contributed by atoms with Gasteiger partial charge in [-0.1, -0.05) is 13.8 Å². The lowest BCUT2D eigenvalue weighted by Gasteiger charge is -2.27. The standard InChI is InChI=1S/C13H19N3S/c1-9(2)3-5-16-6-4-10-11(7-14)13(15)17-12(10)8-16/h9H,3-6,8,15H2,1-2H3. The summed E-state index contributed by atoms with van der Waals surface area (Å²) in [5.41, 5.74) is 7.81. The molecule has 0 unspecified atom stereocenters. The minimum atomic E-state index is 0.697. The van der Waals surface area contributed by atoms with Gasteiger partial charge in [0.05, 0.1) is 5.56 Å². The Bertz CT molecular complexity index is 442. The van der Waals surface area contributed by atoms with E-state index in [2.05, 4.69) is 24.8 Å². The number of nitrogens with two attached hydrogens (primary N) is 1. The van der Waals surface area contributed by atoms with Crippen LogP contribution in [0.25, 0.3) is 0 Å². The van der Waals surface area contributed by atoms with Crippen molar-refractivity contribution in [1.29, 1.82) is 5.26 Å². The van der Waals surface area contributed by atoms with Crippen molar-refractivity contribution in [2.24, 2.45) is 5.92 Å². The van der Waals surface area contributed by atoms with Gasteiger partial charge in [0.2, 0.25) is 0 Å². The molecule has 3 nitrogen and oxygen atoms in total. The van der Waals surface area contributed by atoms with Crippen LogP contribution in [0.3, 0.4) is 0 Å². The van der Waals surface area contributed by atoms with Gasteiger partial charge in [-0.25, -0.2) is 0 Å². The van der Waals surface area contributed by atoms with E-state index in [0.717, 1.165) is 37.5 Å². The highest BCUT2D eigenvalue weighted by Gasteiger charge is 2.23. The van der Waals surface area contributed by atoms with Crippen molar-refractivity contribution in [3.05, 3.63) is 16.0 Å². The van der Waals surface area contributed by atoms with E-state index in [1.54, 1.807) is 11.3 Å². The molecule has 1 aromatic heterocycles. The van der Waals surface area contributed by atoms with Crippen LogP contribution in [0.1, 0.15) is 36.3 Å². The Kier molecular flexibility index (Phi) is 3.70. The highest BCUT2D eigenvalue weighted by molar-refractivity contribution is 7.16. The van der Waals surface area contributed by atoms with Crippen LogP contribution in [0, 0.1) is 17.2 Å². The summed E-state index contributed by atoms with van der Waals surface area (Å²) in [6.07, 6.45) is 2.21. The predicted molar refractivity (Wildman–Crippen MR) is 71.9 cm³/mol. The van der Waals surface area contributed by atoms with E-state index < -0.39 is 0 Å². The zero-order valence-electron chi connectivity index (χ0n) is 10.5. The number of hydrogen-bond donors (Lipinski definition) is 1. The zero-order valence-corrected chi connectivity index (χ0v) is 11.3. The number of hydrogen-bond acceptors (Lipinski definition) is 4. The van der Waals surface area contributed by atoms with Crippen LogP contribution in [0.15, 0.2) is 0 Å². The second-order valence-electron chi connectivity index (χ2n) is 5.06. The molecule has 0 atom stereocenters. The van der Waals surface area contributed by atoms with Gasteiger partial charge in [-0.05, 0) is 30.9 Å². The number of nitriles is 1. The van der Waals surface area contributed by atoms with Crippen LogP contribution in [-0.2, 0) is 13.0 Å². The molecule has 0 amide bonds. The minimum Gasteiger partial charge on any atom is -0.389 e. The minimum absolute atomic E-state index is 0.697. The van der Waals surface area contributed by atoms with Gasteiger partial charge in [0.1, 0.15) is 11.1 Å². The third-order valence-corrected chi connectivity index (χ3v) is 4.34. The highest BCUT2D eigenvalue weighted by Crippen LogP contribution is 2.34. The lowest BCUT2D eigenvalue weighted by Crippen LogP contribution is -2.31. The lowest BCUT2D eigenvalue weighted by molar-refractivity contribution is 0.242. The zero-order chi connectivity index (χ0) is 12.4. The van der Waals surface area contributed by atoms with Gasteiger partial charge >= 0.3 is 0 Å². The summed E-state index contributed by atoms with van der Waals surface area (Å²) in [6, 6.07) is 2.24. The van der Waals surface area contributed by atoms with E-state index in [1.807, 2.05) is 0 Å². The first-order valence-corrected chi connectivity index (χ1v) is 6.96. The topological polar surface area (TPSA) is 53.0 Å². The lowest BCUT2D eigenvalue weighted by atomic mass is 10.0. The van der Waals surface area contributed by atoms with Crippen molar-refractivity contribution in [3.63, 3.8) is 0 Å². The summed E-state index contributed by atoms with van der Waals surface area (Å²) in [5.74, 6) is 0.750. The number of nitrogen functional groups attached to an aromatic ring is 1. The second kappa shape index (κ2) is 5.07. The Hall–Kier alpha value is -1.05. The number of nitrogens with zero attached hydrogens (tertiary/aromatic N) is 2. The molecular formula is C13H19N3S. The first-order valence-electron chi connectivity index (χ1n) is 6.14. The van der Waals surface area contributed by atoms with Crippen LogP contribution in [-0.4, -0.2) is 18.0 Å². The number of rotatable bonds is 3. The molecule has 1 aromatic rings. The maximum absolute atomic E-state index is 9.07. The molecule has 2 N–H and O–H groups in total. The second-order valence-corrected chi connectivity index (χ2v) is 6.20. The molecule has 17 heavy (non-hydrogen) atoms. The Morgan fingerprint density at radius 2 is 2.29 bits per heavy atom. The van der Waals surface area contributed by atoms with Crippen molar-refractivity contribution < 1.29 is 0 Å². The summed E-state index contributed by atoms with van der Waals surface area (Å²) >= 11 is 1.59. The highest BCUT2D eigenvalue weighted by atomic mass is 32.1. The first-order chi connectivity index (χ1) is 8.11. The van der Waals surface area contributed by atoms with Crippen LogP contribution in [0.2, 0.25) is 0 Å². The summed E-state index contributed by atoms with van der Waals surface area (Å²) < 4.78 is 0. The third kappa shape index (κ3) is 2.62. The van der Waals surface area contributed by atoms with E-state index in [9.17, 15) is 0 Å². The van der Waals surface area contributed by atoms with Crippen LogP contribution < -0.4 is 5.73 Å². The Labute approximate surface area is 107 Å². The predicted octanol–water partition coefficient (Wildman–Crippen LogP) is 2.61.